The van der Waals surface area contributed by atoms with Crippen molar-refractivity contribution in [3.8, 4) is 0 Å². The van der Waals surface area contributed by atoms with Gasteiger partial charge in [-0.05, 0) is 46.1 Å². The highest BCUT2D eigenvalue weighted by atomic mass is 16.7. The average Bonchev–Trinajstić information content (AvgIpc) is 2.69. The first kappa shape index (κ1) is 15.0. The summed E-state index contributed by atoms with van der Waals surface area (Å²) < 4.78 is 17.8. The van der Waals surface area contributed by atoms with Gasteiger partial charge in [0.25, 0.3) is 0 Å². The largest absolute Gasteiger partial charge is 0.496 e. The monoisotopic (exact) mass is 289 g/mol. The predicted octanol–water partition coefficient (Wildman–Crippen LogP) is 2.27. The molecular weight excluding hydrogens is 265 g/mol. The summed E-state index contributed by atoms with van der Waals surface area (Å²) >= 11 is 0. The maximum absolute atomic E-state index is 6.10. The van der Waals surface area contributed by atoms with Crippen LogP contribution in [0.5, 0.6) is 0 Å². The standard InChI is InChI=1S/C16H24BNO3/c1-15(2)16(3,4)21-17(20-15)14-8-13(9-18-10-14)12-6-5-7-19-11-12/h8-10,12H,5-7,11H2,1-4H3. The van der Waals surface area contributed by atoms with Crippen LogP contribution in [-0.2, 0) is 14.0 Å². The summed E-state index contributed by atoms with van der Waals surface area (Å²) in [6.07, 6.45) is 6.06. The third-order valence-corrected chi connectivity index (χ3v) is 4.94. The summed E-state index contributed by atoms with van der Waals surface area (Å²) in [4.78, 5) is 4.38. The van der Waals surface area contributed by atoms with E-state index >= 15 is 0 Å². The molecule has 0 amide bonds. The van der Waals surface area contributed by atoms with Crippen molar-refractivity contribution in [2.75, 3.05) is 13.2 Å². The van der Waals surface area contributed by atoms with E-state index in [1.54, 1.807) is 0 Å². The number of hydrogen-bond donors (Lipinski definition) is 0. The molecule has 21 heavy (non-hydrogen) atoms. The van der Waals surface area contributed by atoms with Crippen LogP contribution in [0, 0.1) is 0 Å². The quantitative estimate of drug-likeness (QED) is 0.783. The van der Waals surface area contributed by atoms with Crippen molar-refractivity contribution in [1.29, 1.82) is 0 Å². The molecule has 114 valence electrons. The Morgan fingerprint density at radius 1 is 1.14 bits per heavy atom. The molecule has 0 saturated carbocycles. The minimum atomic E-state index is -0.341. The maximum atomic E-state index is 6.10. The van der Waals surface area contributed by atoms with Crippen LogP contribution < -0.4 is 5.46 Å². The third-order valence-electron chi connectivity index (χ3n) is 4.94. The van der Waals surface area contributed by atoms with Gasteiger partial charge in [-0.1, -0.05) is 6.07 Å². The molecule has 0 radical (unpaired) electrons. The van der Waals surface area contributed by atoms with Crippen molar-refractivity contribution in [2.45, 2.75) is 57.7 Å². The topological polar surface area (TPSA) is 40.6 Å². The molecule has 0 spiro atoms. The van der Waals surface area contributed by atoms with Gasteiger partial charge in [-0.25, -0.2) is 0 Å². The molecule has 1 unspecified atom stereocenters. The van der Waals surface area contributed by atoms with E-state index < -0.39 is 0 Å². The lowest BCUT2D eigenvalue weighted by molar-refractivity contribution is 0.00578. The second kappa shape index (κ2) is 5.38. The van der Waals surface area contributed by atoms with Crippen LogP contribution in [0.15, 0.2) is 18.5 Å². The average molecular weight is 289 g/mol. The summed E-state index contributed by atoms with van der Waals surface area (Å²) in [6, 6.07) is 2.16. The molecule has 1 aromatic heterocycles. The van der Waals surface area contributed by atoms with Crippen LogP contribution in [-0.4, -0.2) is 36.5 Å². The molecule has 1 aromatic rings. The Hall–Kier alpha value is -0.905. The van der Waals surface area contributed by atoms with Gasteiger partial charge in [0.05, 0.1) is 17.8 Å². The minimum Gasteiger partial charge on any atom is -0.399 e. The summed E-state index contributed by atoms with van der Waals surface area (Å²) in [5.74, 6) is 0.439. The van der Waals surface area contributed by atoms with E-state index in [9.17, 15) is 0 Å². The Morgan fingerprint density at radius 3 is 2.48 bits per heavy atom. The van der Waals surface area contributed by atoms with E-state index in [2.05, 4.69) is 38.7 Å². The molecule has 2 aliphatic heterocycles. The molecule has 2 aliphatic rings. The molecule has 2 saturated heterocycles. The van der Waals surface area contributed by atoms with Crippen LogP contribution in [0.3, 0.4) is 0 Å². The summed E-state index contributed by atoms with van der Waals surface area (Å²) in [5.41, 5.74) is 1.59. The fourth-order valence-electron chi connectivity index (χ4n) is 2.81. The van der Waals surface area contributed by atoms with Gasteiger partial charge in [-0.3, -0.25) is 4.98 Å². The van der Waals surface area contributed by atoms with Gasteiger partial charge in [0.1, 0.15) is 0 Å². The lowest BCUT2D eigenvalue weighted by Gasteiger charge is -2.32. The number of nitrogens with zero attached hydrogens (tertiary/aromatic N) is 1. The van der Waals surface area contributed by atoms with Crippen LogP contribution in [0.4, 0.5) is 0 Å². The van der Waals surface area contributed by atoms with Crippen LogP contribution >= 0.6 is 0 Å². The Labute approximate surface area is 127 Å². The number of ether oxygens (including phenoxy) is 1. The lowest BCUT2D eigenvalue weighted by atomic mass is 9.78. The molecule has 2 fully saturated rings. The molecule has 3 heterocycles. The van der Waals surface area contributed by atoms with Gasteiger partial charge < -0.3 is 14.0 Å². The van der Waals surface area contributed by atoms with E-state index in [-0.39, 0.29) is 18.3 Å². The molecule has 0 aromatic carbocycles. The summed E-state index contributed by atoms with van der Waals surface area (Å²) in [6.45, 7) is 9.94. The second-order valence-electron chi connectivity index (χ2n) is 7.05. The second-order valence-corrected chi connectivity index (χ2v) is 7.05. The Morgan fingerprint density at radius 2 is 1.86 bits per heavy atom. The SMILES string of the molecule is CC1(C)OB(c2cncc(C3CCCOC3)c2)OC1(C)C. The number of aromatic nitrogens is 1. The first-order valence-electron chi connectivity index (χ1n) is 7.77. The first-order valence-corrected chi connectivity index (χ1v) is 7.77. The van der Waals surface area contributed by atoms with Gasteiger partial charge in [0.15, 0.2) is 0 Å². The Kier molecular flexibility index (Phi) is 3.84. The Bertz CT molecular complexity index is 496. The van der Waals surface area contributed by atoms with Crippen LogP contribution in [0.2, 0.25) is 0 Å². The lowest BCUT2D eigenvalue weighted by Crippen LogP contribution is -2.41. The molecule has 4 nitrogen and oxygen atoms in total. The van der Waals surface area contributed by atoms with Gasteiger partial charge >= 0.3 is 7.12 Å². The maximum Gasteiger partial charge on any atom is 0.496 e. The highest BCUT2D eigenvalue weighted by molar-refractivity contribution is 6.62. The molecule has 0 bridgehead atoms. The minimum absolute atomic E-state index is 0.318. The van der Waals surface area contributed by atoms with Crippen molar-refractivity contribution < 1.29 is 14.0 Å². The van der Waals surface area contributed by atoms with Gasteiger partial charge in [-0.2, -0.15) is 0 Å². The molecular formula is C16H24BNO3. The normalized spacial score (nSPS) is 27.8. The summed E-state index contributed by atoms with van der Waals surface area (Å²) in [7, 11) is -0.341. The summed E-state index contributed by atoms with van der Waals surface area (Å²) in [5, 5.41) is 0. The van der Waals surface area contributed by atoms with E-state index in [1.807, 2.05) is 12.4 Å². The van der Waals surface area contributed by atoms with Crippen molar-refractivity contribution in [2.24, 2.45) is 0 Å². The highest BCUT2D eigenvalue weighted by Gasteiger charge is 2.51. The molecule has 0 aliphatic carbocycles. The van der Waals surface area contributed by atoms with E-state index in [4.69, 9.17) is 14.0 Å². The van der Waals surface area contributed by atoms with Crippen LogP contribution in [0.25, 0.3) is 0 Å². The number of pyridine rings is 1. The zero-order chi connectivity index (χ0) is 15.1. The molecule has 5 heteroatoms. The molecule has 3 rings (SSSR count). The van der Waals surface area contributed by atoms with Gasteiger partial charge in [-0.15, -0.1) is 0 Å². The van der Waals surface area contributed by atoms with Crippen molar-refractivity contribution in [3.63, 3.8) is 0 Å². The third kappa shape index (κ3) is 2.87. The smallest absolute Gasteiger partial charge is 0.399 e. The number of hydrogen-bond acceptors (Lipinski definition) is 4. The fraction of sp³-hybridized carbons (Fsp3) is 0.688. The molecule has 0 N–H and O–H groups in total. The van der Waals surface area contributed by atoms with E-state index in [1.165, 1.54) is 5.56 Å². The van der Waals surface area contributed by atoms with E-state index in [0.717, 1.165) is 31.5 Å². The van der Waals surface area contributed by atoms with Gasteiger partial charge in [0, 0.05) is 30.4 Å². The van der Waals surface area contributed by atoms with Crippen molar-refractivity contribution in [1.82, 2.24) is 4.98 Å². The number of rotatable bonds is 2. The molecule has 1 atom stereocenters. The first-order chi connectivity index (χ1) is 9.89. The van der Waals surface area contributed by atoms with Crippen molar-refractivity contribution >= 4 is 12.6 Å². The van der Waals surface area contributed by atoms with Crippen LogP contribution in [0.1, 0.15) is 52.0 Å². The zero-order valence-electron chi connectivity index (χ0n) is 13.4. The predicted molar refractivity (Wildman–Crippen MR) is 82.7 cm³/mol. The van der Waals surface area contributed by atoms with Crippen molar-refractivity contribution in [3.05, 3.63) is 24.0 Å². The van der Waals surface area contributed by atoms with E-state index in [0.29, 0.717) is 5.92 Å². The van der Waals surface area contributed by atoms with Gasteiger partial charge in [0.2, 0.25) is 0 Å². The Balaban J connectivity index is 1.81. The zero-order valence-corrected chi connectivity index (χ0v) is 13.4. The highest BCUT2D eigenvalue weighted by Crippen LogP contribution is 2.36. The fourth-order valence-corrected chi connectivity index (χ4v) is 2.81.